The molecule has 2 aromatic rings. The van der Waals surface area contributed by atoms with E-state index in [4.69, 9.17) is 10.5 Å². The third kappa shape index (κ3) is 3.57. The van der Waals surface area contributed by atoms with Crippen LogP contribution in [0.15, 0.2) is 40.9 Å². The van der Waals surface area contributed by atoms with Gasteiger partial charge in [-0.25, -0.2) is 4.39 Å². The van der Waals surface area contributed by atoms with Gasteiger partial charge in [0.05, 0.1) is 5.69 Å². The van der Waals surface area contributed by atoms with Crippen LogP contribution in [0.2, 0.25) is 0 Å². The van der Waals surface area contributed by atoms with Crippen LogP contribution in [0.25, 0.3) is 0 Å². The SMILES string of the molecule is Nc1cc(F)c(OC(F)F)cc1Oc1cccc(Br)c1. The fraction of sp³-hybridized carbons (Fsp3) is 0.0769. The molecular weight excluding hydrogens is 339 g/mol. The lowest BCUT2D eigenvalue weighted by molar-refractivity contribution is -0.0522. The van der Waals surface area contributed by atoms with Crippen molar-refractivity contribution >= 4 is 21.6 Å². The predicted molar refractivity (Wildman–Crippen MR) is 71.7 cm³/mol. The molecule has 20 heavy (non-hydrogen) atoms. The first-order valence-corrected chi connectivity index (χ1v) is 6.22. The number of benzene rings is 2. The van der Waals surface area contributed by atoms with Crippen molar-refractivity contribution in [1.82, 2.24) is 0 Å². The van der Waals surface area contributed by atoms with Gasteiger partial charge in [-0.05, 0) is 18.2 Å². The van der Waals surface area contributed by atoms with Crippen LogP contribution in [0, 0.1) is 5.82 Å². The lowest BCUT2D eigenvalue weighted by Crippen LogP contribution is -2.05. The van der Waals surface area contributed by atoms with Crippen LogP contribution >= 0.6 is 15.9 Å². The number of ether oxygens (including phenoxy) is 2. The Balaban J connectivity index is 2.31. The van der Waals surface area contributed by atoms with Crippen LogP contribution in [0.3, 0.4) is 0 Å². The number of hydrogen-bond donors (Lipinski definition) is 1. The minimum absolute atomic E-state index is 0.0240. The highest BCUT2D eigenvalue weighted by molar-refractivity contribution is 9.10. The zero-order valence-corrected chi connectivity index (χ0v) is 11.5. The van der Waals surface area contributed by atoms with Gasteiger partial charge in [0.1, 0.15) is 5.75 Å². The van der Waals surface area contributed by atoms with Crippen molar-refractivity contribution in [1.29, 1.82) is 0 Å². The Kier molecular flexibility index (Phi) is 4.39. The number of halogens is 4. The van der Waals surface area contributed by atoms with Crippen molar-refractivity contribution in [2.24, 2.45) is 0 Å². The minimum atomic E-state index is -3.13. The molecule has 0 saturated heterocycles. The van der Waals surface area contributed by atoms with Gasteiger partial charge in [-0.15, -0.1) is 0 Å². The number of nitrogen functional groups attached to an aromatic ring is 1. The van der Waals surface area contributed by atoms with E-state index in [0.29, 0.717) is 5.75 Å². The molecule has 0 radical (unpaired) electrons. The summed E-state index contributed by atoms with van der Waals surface area (Å²) in [5.41, 5.74) is 5.56. The molecule has 0 aliphatic heterocycles. The Morgan fingerprint density at radius 2 is 1.85 bits per heavy atom. The molecule has 0 aliphatic rings. The zero-order valence-electron chi connectivity index (χ0n) is 9.95. The number of rotatable bonds is 4. The second-order valence-corrected chi connectivity index (χ2v) is 4.67. The molecule has 0 amide bonds. The van der Waals surface area contributed by atoms with Crippen molar-refractivity contribution in [3.8, 4) is 17.2 Å². The van der Waals surface area contributed by atoms with Gasteiger partial charge in [-0.1, -0.05) is 22.0 Å². The molecule has 0 atom stereocenters. The van der Waals surface area contributed by atoms with Crippen molar-refractivity contribution in [3.63, 3.8) is 0 Å². The topological polar surface area (TPSA) is 44.5 Å². The summed E-state index contributed by atoms with van der Waals surface area (Å²) in [4.78, 5) is 0. The molecule has 0 bridgehead atoms. The van der Waals surface area contributed by atoms with Gasteiger partial charge < -0.3 is 15.2 Å². The zero-order chi connectivity index (χ0) is 14.7. The smallest absolute Gasteiger partial charge is 0.387 e. The first-order chi connectivity index (χ1) is 9.45. The Morgan fingerprint density at radius 1 is 1.10 bits per heavy atom. The Bertz CT molecular complexity index is 623. The average Bonchev–Trinajstić information content (AvgIpc) is 2.34. The van der Waals surface area contributed by atoms with Crippen LogP contribution in [-0.2, 0) is 0 Å². The lowest BCUT2D eigenvalue weighted by atomic mass is 10.2. The van der Waals surface area contributed by atoms with Gasteiger partial charge >= 0.3 is 6.61 Å². The van der Waals surface area contributed by atoms with E-state index in [1.54, 1.807) is 24.3 Å². The molecule has 0 aliphatic carbocycles. The third-order valence-corrected chi connectivity index (χ3v) is 2.80. The van der Waals surface area contributed by atoms with Crippen LogP contribution in [0.1, 0.15) is 0 Å². The van der Waals surface area contributed by atoms with E-state index in [0.717, 1.165) is 16.6 Å². The van der Waals surface area contributed by atoms with Gasteiger partial charge in [0.25, 0.3) is 0 Å². The second-order valence-electron chi connectivity index (χ2n) is 3.76. The van der Waals surface area contributed by atoms with Gasteiger partial charge in [0.2, 0.25) is 0 Å². The minimum Gasteiger partial charge on any atom is -0.455 e. The van der Waals surface area contributed by atoms with Crippen molar-refractivity contribution in [2.75, 3.05) is 5.73 Å². The summed E-state index contributed by atoms with van der Waals surface area (Å²) >= 11 is 3.26. The average molecular weight is 348 g/mol. The molecular formula is C13H9BrF3NO2. The molecule has 7 heteroatoms. The Labute approximate surface area is 121 Å². The summed E-state index contributed by atoms with van der Waals surface area (Å²) in [6.07, 6.45) is 0. The first kappa shape index (κ1) is 14.5. The van der Waals surface area contributed by atoms with Crippen LogP contribution in [-0.4, -0.2) is 6.61 Å². The van der Waals surface area contributed by atoms with Crippen molar-refractivity contribution in [2.45, 2.75) is 6.61 Å². The maximum absolute atomic E-state index is 13.4. The highest BCUT2D eigenvalue weighted by atomic mass is 79.9. The molecule has 0 fully saturated rings. The molecule has 2 rings (SSSR count). The van der Waals surface area contributed by atoms with E-state index < -0.39 is 18.2 Å². The van der Waals surface area contributed by atoms with Crippen LogP contribution in [0.5, 0.6) is 17.2 Å². The second kappa shape index (κ2) is 6.04. The molecule has 3 nitrogen and oxygen atoms in total. The van der Waals surface area contributed by atoms with Gasteiger partial charge in [0.15, 0.2) is 17.3 Å². The molecule has 106 valence electrons. The molecule has 2 N–H and O–H groups in total. The molecule has 2 aromatic carbocycles. The predicted octanol–water partition coefficient (Wildman–Crippen LogP) is 4.56. The molecule has 0 saturated carbocycles. The summed E-state index contributed by atoms with van der Waals surface area (Å²) in [6.45, 7) is -3.13. The molecule has 0 heterocycles. The first-order valence-electron chi connectivity index (χ1n) is 5.43. The largest absolute Gasteiger partial charge is 0.455 e. The quantitative estimate of drug-likeness (QED) is 0.824. The normalized spacial score (nSPS) is 10.7. The summed E-state index contributed by atoms with van der Waals surface area (Å²) in [6, 6.07) is 8.64. The lowest BCUT2D eigenvalue weighted by Gasteiger charge is -2.12. The Morgan fingerprint density at radius 3 is 2.50 bits per heavy atom. The number of anilines is 1. The fourth-order valence-corrected chi connectivity index (χ4v) is 1.86. The standard InChI is InChI=1S/C13H9BrF3NO2/c14-7-2-1-3-8(4-7)19-12-6-11(20-13(16)17)9(15)5-10(12)18/h1-6,13H,18H2. The number of alkyl halides is 2. The Hall–Kier alpha value is -1.89. The monoisotopic (exact) mass is 347 g/mol. The highest BCUT2D eigenvalue weighted by Gasteiger charge is 2.14. The van der Waals surface area contributed by atoms with Crippen molar-refractivity contribution < 1.29 is 22.6 Å². The summed E-state index contributed by atoms with van der Waals surface area (Å²) in [5, 5.41) is 0. The van der Waals surface area contributed by atoms with E-state index in [1.165, 1.54) is 0 Å². The molecule has 0 spiro atoms. The maximum atomic E-state index is 13.4. The van der Waals surface area contributed by atoms with E-state index in [1.807, 2.05) is 0 Å². The van der Waals surface area contributed by atoms with Gasteiger partial charge in [-0.2, -0.15) is 8.78 Å². The maximum Gasteiger partial charge on any atom is 0.387 e. The van der Waals surface area contributed by atoms with Gasteiger partial charge in [0, 0.05) is 16.6 Å². The number of nitrogens with two attached hydrogens (primary N) is 1. The van der Waals surface area contributed by atoms with Crippen molar-refractivity contribution in [3.05, 3.63) is 46.7 Å². The fourth-order valence-electron chi connectivity index (χ4n) is 1.48. The highest BCUT2D eigenvalue weighted by Crippen LogP contribution is 2.34. The molecule has 0 aromatic heterocycles. The van der Waals surface area contributed by atoms with Crippen LogP contribution < -0.4 is 15.2 Å². The van der Waals surface area contributed by atoms with E-state index in [9.17, 15) is 13.2 Å². The summed E-state index contributed by atoms with van der Waals surface area (Å²) in [5.74, 6) is -1.16. The van der Waals surface area contributed by atoms with Crippen LogP contribution in [0.4, 0.5) is 18.9 Å². The summed E-state index contributed by atoms with van der Waals surface area (Å²) in [7, 11) is 0. The summed E-state index contributed by atoms with van der Waals surface area (Å²) < 4.78 is 47.9. The molecule has 0 unspecified atom stereocenters. The van der Waals surface area contributed by atoms with E-state index >= 15 is 0 Å². The third-order valence-electron chi connectivity index (χ3n) is 2.30. The number of hydrogen-bond acceptors (Lipinski definition) is 3. The van der Waals surface area contributed by atoms with E-state index in [-0.39, 0.29) is 11.4 Å². The van der Waals surface area contributed by atoms with Gasteiger partial charge in [-0.3, -0.25) is 0 Å². The van der Waals surface area contributed by atoms with E-state index in [2.05, 4.69) is 20.7 Å².